The monoisotopic (exact) mass is 116 g/mol. The molecule has 0 rings (SSSR count). The Morgan fingerprint density at radius 3 is 2.12 bits per heavy atom. The zero-order valence-electron chi connectivity index (χ0n) is 6.23. The summed E-state index contributed by atoms with van der Waals surface area (Å²) >= 11 is 0. The van der Waals surface area contributed by atoms with Gasteiger partial charge in [0.25, 0.3) is 0 Å². The molecule has 0 aliphatic carbocycles. The molecule has 8 heavy (non-hydrogen) atoms. The van der Waals surface area contributed by atoms with Crippen molar-refractivity contribution in [3.05, 3.63) is 0 Å². The maximum Gasteiger partial charge on any atom is 0.0562 e. The van der Waals surface area contributed by atoms with E-state index in [4.69, 9.17) is 0 Å². The lowest BCUT2D eigenvalue weighted by molar-refractivity contribution is 0.270. The lowest BCUT2D eigenvalue weighted by atomic mass is 10.5. The van der Waals surface area contributed by atoms with Gasteiger partial charge in [-0.1, -0.05) is 6.92 Å². The van der Waals surface area contributed by atoms with E-state index >= 15 is 0 Å². The van der Waals surface area contributed by atoms with Gasteiger partial charge < -0.3 is 5.32 Å². The number of nitrogens with one attached hydrogen (secondary N) is 1. The smallest absolute Gasteiger partial charge is 0.0562 e. The molecule has 0 aromatic carbocycles. The fourth-order valence-corrected chi connectivity index (χ4v) is 0.478. The minimum absolute atomic E-state index is 0.500. The molecule has 50 valence electrons. The Hall–Kier alpha value is -0.0800. The van der Waals surface area contributed by atoms with Gasteiger partial charge in [-0.05, 0) is 27.6 Å². The second-order valence-corrected chi connectivity index (χ2v) is 2.20. The molecule has 0 saturated heterocycles. The van der Waals surface area contributed by atoms with Crippen LogP contribution in [0.3, 0.4) is 0 Å². The largest absolute Gasteiger partial charge is 0.302 e. The van der Waals surface area contributed by atoms with Gasteiger partial charge in [0, 0.05) is 0 Å². The summed E-state index contributed by atoms with van der Waals surface area (Å²) < 4.78 is 0. The topological polar surface area (TPSA) is 15.3 Å². The molecule has 1 N–H and O–H groups in total. The lowest BCUT2D eigenvalue weighted by Crippen LogP contribution is -2.38. The highest BCUT2D eigenvalue weighted by Crippen LogP contribution is 1.82. The molecule has 2 heteroatoms. The molecule has 0 aliphatic rings. The third-order valence-corrected chi connectivity index (χ3v) is 1.27. The lowest BCUT2D eigenvalue weighted by Gasteiger charge is -2.19. The molecule has 0 aliphatic heterocycles. The SMILES string of the molecule is CCNC(C)N(C)C. The Morgan fingerprint density at radius 2 is 2.00 bits per heavy atom. The zero-order chi connectivity index (χ0) is 6.57. The van der Waals surface area contributed by atoms with Crippen molar-refractivity contribution in [2.24, 2.45) is 0 Å². The van der Waals surface area contributed by atoms with E-state index in [1.165, 1.54) is 0 Å². The van der Waals surface area contributed by atoms with Crippen molar-refractivity contribution in [1.82, 2.24) is 10.2 Å². The van der Waals surface area contributed by atoms with Gasteiger partial charge in [-0.3, -0.25) is 4.90 Å². The van der Waals surface area contributed by atoms with Crippen molar-refractivity contribution in [2.75, 3.05) is 20.6 Å². The highest BCUT2D eigenvalue weighted by atomic mass is 15.2. The summed E-state index contributed by atoms with van der Waals surface area (Å²) in [7, 11) is 4.13. The standard InChI is InChI=1S/C6H16N2/c1-5-7-6(2)8(3)4/h6-7H,5H2,1-4H3. The van der Waals surface area contributed by atoms with E-state index in [9.17, 15) is 0 Å². The van der Waals surface area contributed by atoms with Gasteiger partial charge >= 0.3 is 0 Å². The molecular formula is C6H16N2. The van der Waals surface area contributed by atoms with Gasteiger partial charge in [0.15, 0.2) is 0 Å². The van der Waals surface area contributed by atoms with Crippen LogP contribution >= 0.6 is 0 Å². The first-order valence-corrected chi connectivity index (χ1v) is 3.08. The van der Waals surface area contributed by atoms with Crippen LogP contribution in [0.4, 0.5) is 0 Å². The van der Waals surface area contributed by atoms with Crippen molar-refractivity contribution >= 4 is 0 Å². The van der Waals surface area contributed by atoms with E-state index < -0.39 is 0 Å². The zero-order valence-corrected chi connectivity index (χ0v) is 6.23. The number of nitrogens with zero attached hydrogens (tertiary/aromatic N) is 1. The molecule has 0 radical (unpaired) electrons. The van der Waals surface area contributed by atoms with Gasteiger partial charge in [-0.2, -0.15) is 0 Å². The van der Waals surface area contributed by atoms with Gasteiger partial charge in [-0.15, -0.1) is 0 Å². The van der Waals surface area contributed by atoms with Gasteiger partial charge in [-0.25, -0.2) is 0 Å². The van der Waals surface area contributed by atoms with E-state index in [2.05, 4.69) is 38.2 Å². The molecule has 0 heterocycles. The van der Waals surface area contributed by atoms with Crippen LogP contribution in [0.1, 0.15) is 13.8 Å². The maximum absolute atomic E-state index is 3.27. The summed E-state index contributed by atoms with van der Waals surface area (Å²) in [4.78, 5) is 2.14. The van der Waals surface area contributed by atoms with Crippen LogP contribution < -0.4 is 5.32 Å². The fraction of sp³-hybridized carbons (Fsp3) is 1.00. The van der Waals surface area contributed by atoms with Crippen molar-refractivity contribution in [3.8, 4) is 0 Å². The molecule has 1 unspecified atom stereocenters. The van der Waals surface area contributed by atoms with E-state index in [1.54, 1.807) is 0 Å². The molecule has 2 nitrogen and oxygen atoms in total. The van der Waals surface area contributed by atoms with Crippen LogP contribution in [0.25, 0.3) is 0 Å². The van der Waals surface area contributed by atoms with Crippen LogP contribution in [0.2, 0.25) is 0 Å². The van der Waals surface area contributed by atoms with E-state index in [-0.39, 0.29) is 0 Å². The highest BCUT2D eigenvalue weighted by molar-refractivity contribution is 4.52. The summed E-state index contributed by atoms with van der Waals surface area (Å²) in [5.41, 5.74) is 0. The summed E-state index contributed by atoms with van der Waals surface area (Å²) in [5, 5.41) is 3.27. The number of hydrogen-bond donors (Lipinski definition) is 1. The van der Waals surface area contributed by atoms with Gasteiger partial charge in [0.1, 0.15) is 0 Å². The Kier molecular flexibility index (Phi) is 3.83. The Balaban J connectivity index is 3.17. The average molecular weight is 116 g/mol. The Labute approximate surface area is 51.9 Å². The molecule has 0 aromatic heterocycles. The first kappa shape index (κ1) is 7.92. The second kappa shape index (κ2) is 3.87. The summed E-state index contributed by atoms with van der Waals surface area (Å²) in [6.45, 7) is 5.29. The van der Waals surface area contributed by atoms with E-state index in [1.807, 2.05) is 0 Å². The predicted molar refractivity (Wildman–Crippen MR) is 36.8 cm³/mol. The molecular weight excluding hydrogens is 100 g/mol. The highest BCUT2D eigenvalue weighted by Gasteiger charge is 1.98. The van der Waals surface area contributed by atoms with Crippen LogP contribution in [0.15, 0.2) is 0 Å². The predicted octanol–water partition coefficient (Wildman–Crippen LogP) is 0.504. The average Bonchev–Trinajstić information content (AvgIpc) is 1.67. The fourth-order valence-electron chi connectivity index (χ4n) is 0.478. The normalized spacial score (nSPS) is 14.6. The molecule has 0 amide bonds. The summed E-state index contributed by atoms with van der Waals surface area (Å²) in [5.74, 6) is 0. The molecule has 0 fully saturated rings. The minimum atomic E-state index is 0.500. The van der Waals surface area contributed by atoms with Crippen LogP contribution in [0, 0.1) is 0 Å². The third-order valence-electron chi connectivity index (χ3n) is 1.27. The Bertz CT molecular complexity index is 52.5. The van der Waals surface area contributed by atoms with Crippen molar-refractivity contribution in [3.63, 3.8) is 0 Å². The van der Waals surface area contributed by atoms with Crippen molar-refractivity contribution in [1.29, 1.82) is 0 Å². The molecule has 1 atom stereocenters. The van der Waals surface area contributed by atoms with E-state index in [0.717, 1.165) is 6.54 Å². The molecule has 0 bridgehead atoms. The summed E-state index contributed by atoms with van der Waals surface area (Å²) in [6.07, 6.45) is 0.500. The quantitative estimate of drug-likeness (QED) is 0.540. The minimum Gasteiger partial charge on any atom is -0.302 e. The number of rotatable bonds is 3. The van der Waals surface area contributed by atoms with Crippen LogP contribution in [-0.2, 0) is 0 Å². The van der Waals surface area contributed by atoms with E-state index in [0.29, 0.717) is 6.17 Å². The summed E-state index contributed by atoms with van der Waals surface area (Å²) in [6, 6.07) is 0. The van der Waals surface area contributed by atoms with Gasteiger partial charge in [0.2, 0.25) is 0 Å². The van der Waals surface area contributed by atoms with Crippen LogP contribution in [-0.4, -0.2) is 31.7 Å². The Morgan fingerprint density at radius 1 is 1.50 bits per heavy atom. The third kappa shape index (κ3) is 2.99. The first-order chi connectivity index (χ1) is 3.68. The van der Waals surface area contributed by atoms with Gasteiger partial charge in [0.05, 0.1) is 6.17 Å². The van der Waals surface area contributed by atoms with Crippen LogP contribution in [0.5, 0.6) is 0 Å². The van der Waals surface area contributed by atoms with Crippen molar-refractivity contribution in [2.45, 2.75) is 20.0 Å². The number of hydrogen-bond acceptors (Lipinski definition) is 2. The van der Waals surface area contributed by atoms with Crippen molar-refractivity contribution < 1.29 is 0 Å². The maximum atomic E-state index is 3.27. The first-order valence-electron chi connectivity index (χ1n) is 3.08. The molecule has 0 aromatic rings. The molecule has 0 spiro atoms. The molecule has 0 saturated carbocycles. The second-order valence-electron chi connectivity index (χ2n) is 2.20.